The van der Waals surface area contributed by atoms with Crippen molar-refractivity contribution in [2.45, 2.75) is 168 Å². The van der Waals surface area contributed by atoms with Crippen LogP contribution in [0.2, 0.25) is 0 Å². The summed E-state index contributed by atoms with van der Waals surface area (Å²) in [4.78, 5) is 4.21. The highest BCUT2D eigenvalue weighted by atomic mass is 19.3. The van der Waals surface area contributed by atoms with Crippen LogP contribution in [-0.2, 0) is 18.3 Å². The van der Waals surface area contributed by atoms with Crippen LogP contribution in [0.3, 0.4) is 0 Å². The zero-order valence-electron chi connectivity index (χ0n) is 35.9. The molecule has 3 rings (SSSR count). The Balaban J connectivity index is -0.000000181. The van der Waals surface area contributed by atoms with Gasteiger partial charge in [-0.2, -0.15) is 0 Å². The zero-order valence-corrected chi connectivity index (χ0v) is 35.9. The van der Waals surface area contributed by atoms with Gasteiger partial charge in [0.1, 0.15) is 0 Å². The molecular weight excluding hydrogens is 643 g/mol. The molecule has 0 N–H and O–H groups in total. The van der Waals surface area contributed by atoms with Crippen LogP contribution in [-0.4, -0.2) is 6.21 Å². The highest BCUT2D eigenvalue weighted by Crippen LogP contribution is 2.35. The van der Waals surface area contributed by atoms with Gasteiger partial charge in [-0.05, 0) is 104 Å². The van der Waals surface area contributed by atoms with E-state index in [9.17, 15) is 17.6 Å². The monoisotopic (exact) mass is 720 g/mol. The molecule has 1 aliphatic heterocycles. The summed E-state index contributed by atoms with van der Waals surface area (Å²) >= 11 is 0. The van der Waals surface area contributed by atoms with Crippen molar-refractivity contribution < 1.29 is 17.6 Å². The lowest BCUT2D eigenvalue weighted by Gasteiger charge is -2.19. The zero-order chi connectivity index (χ0) is 41.4. The molecule has 1 aliphatic carbocycles. The lowest BCUT2D eigenvalue weighted by Crippen LogP contribution is -2.14. The van der Waals surface area contributed by atoms with Crippen molar-refractivity contribution in [3.8, 4) is 0 Å². The minimum Gasteiger partial charge on any atom is -0.260 e. The molecule has 0 atom stereocenters. The molecule has 0 bridgehead atoms. The highest BCUT2D eigenvalue weighted by Gasteiger charge is 2.31. The summed E-state index contributed by atoms with van der Waals surface area (Å²) in [6.45, 7) is 42.7. The summed E-state index contributed by atoms with van der Waals surface area (Å²) in [5.41, 5.74) is 8.46. The molecule has 1 aromatic rings. The molecule has 5 heteroatoms. The van der Waals surface area contributed by atoms with E-state index in [-0.39, 0.29) is 11.1 Å². The van der Waals surface area contributed by atoms with Crippen LogP contribution >= 0.6 is 0 Å². The Morgan fingerprint density at radius 3 is 1.47 bits per heavy atom. The summed E-state index contributed by atoms with van der Waals surface area (Å²) in [5, 5.41) is 0. The molecule has 0 saturated carbocycles. The number of nitrogens with zero attached hydrogens (tertiary/aromatic N) is 1. The molecule has 0 saturated heterocycles. The molecule has 1 nitrogen and oxygen atoms in total. The van der Waals surface area contributed by atoms with E-state index in [1.54, 1.807) is 6.92 Å². The van der Waals surface area contributed by atoms with Gasteiger partial charge in [-0.3, -0.25) is 4.99 Å². The van der Waals surface area contributed by atoms with Crippen LogP contribution in [0.1, 0.15) is 166 Å². The van der Waals surface area contributed by atoms with Gasteiger partial charge < -0.3 is 0 Å². The Morgan fingerprint density at radius 1 is 0.765 bits per heavy atom. The van der Waals surface area contributed by atoms with Gasteiger partial charge in [0.25, 0.3) is 11.8 Å². The Bertz CT molecular complexity index is 1210. The maximum absolute atomic E-state index is 13.2. The van der Waals surface area contributed by atoms with Crippen LogP contribution in [0.25, 0.3) is 0 Å². The van der Waals surface area contributed by atoms with Gasteiger partial charge in [-0.25, -0.2) is 17.6 Å². The van der Waals surface area contributed by atoms with E-state index in [0.29, 0.717) is 18.9 Å². The molecule has 0 spiro atoms. The van der Waals surface area contributed by atoms with E-state index in [0.717, 1.165) is 31.4 Å². The molecule has 2 aliphatic rings. The molecule has 1 aromatic carbocycles. The number of alkyl halides is 4. The van der Waals surface area contributed by atoms with Crippen molar-refractivity contribution in [1.29, 1.82) is 0 Å². The molecular formula is C46H77F4N. The summed E-state index contributed by atoms with van der Waals surface area (Å²) in [7, 11) is 0. The highest BCUT2D eigenvalue weighted by molar-refractivity contribution is 5.91. The van der Waals surface area contributed by atoms with Crippen LogP contribution in [0.15, 0.2) is 106 Å². The van der Waals surface area contributed by atoms with Crippen LogP contribution in [0, 0.1) is 0 Å². The van der Waals surface area contributed by atoms with Gasteiger partial charge in [0.2, 0.25) is 0 Å². The third-order valence-corrected chi connectivity index (χ3v) is 6.27. The number of hydrogen-bond donors (Lipinski definition) is 0. The van der Waals surface area contributed by atoms with Crippen molar-refractivity contribution in [3.63, 3.8) is 0 Å². The standard InChI is InChI=1S/C13H15N.C12H14F4.C5H12.3C4H8.2C2H6/c1-9(2)10(3)6-11-4-5-13-12(7-11)8-14-13;1-4-8-5-6-9(11(2,13)14)7-10(8)12(3,15)16;1-3-5-4-2;2*1-4(2)3;1-3-4-2;2*1-2/h6-8H,1,4-5H2,2-3H3;5-7H,4H2,1-3H3;3-5H2,1-2H3;2*1H2,2-3H3;3-4H,1-2H3;2*1-2H3/b10-6+;;;;;4-3-;;. The van der Waals surface area contributed by atoms with E-state index >= 15 is 0 Å². The molecule has 0 radical (unpaired) electrons. The number of unbranched alkanes of at least 4 members (excludes halogenated alkanes) is 2. The first-order valence-electron chi connectivity index (χ1n) is 18.6. The van der Waals surface area contributed by atoms with Crippen LogP contribution < -0.4 is 0 Å². The first kappa shape index (κ1) is 57.1. The fraction of sp³-hybridized carbons (Fsp3) is 0.543. The number of rotatable bonds is 7. The minimum atomic E-state index is -3.09. The summed E-state index contributed by atoms with van der Waals surface area (Å²) < 4.78 is 52.5. The van der Waals surface area contributed by atoms with Gasteiger partial charge in [0, 0.05) is 42.5 Å². The second-order valence-electron chi connectivity index (χ2n) is 12.4. The molecule has 0 aromatic heterocycles. The molecule has 0 fully saturated rings. The van der Waals surface area contributed by atoms with E-state index in [2.05, 4.69) is 57.7 Å². The summed E-state index contributed by atoms with van der Waals surface area (Å²) in [5.74, 6) is -6.18. The number of aliphatic imine (C=N–C) groups is 1. The topological polar surface area (TPSA) is 12.4 Å². The fourth-order valence-electron chi connectivity index (χ4n) is 3.53. The van der Waals surface area contributed by atoms with Gasteiger partial charge >= 0.3 is 0 Å². The first-order chi connectivity index (χ1) is 23.6. The number of allylic oxidation sites excluding steroid dienone is 11. The molecule has 0 unspecified atom stereocenters. The van der Waals surface area contributed by atoms with Gasteiger partial charge in [0.05, 0.1) is 0 Å². The minimum absolute atomic E-state index is 0.311. The first-order valence-corrected chi connectivity index (χ1v) is 18.6. The second kappa shape index (κ2) is 33.9. The Hall–Kier alpha value is -3.21. The summed E-state index contributed by atoms with van der Waals surface area (Å²) in [6.07, 6.45) is 17.1. The lowest BCUT2D eigenvalue weighted by atomic mass is 9.92. The Morgan fingerprint density at radius 2 is 1.22 bits per heavy atom. The molecule has 51 heavy (non-hydrogen) atoms. The van der Waals surface area contributed by atoms with E-state index in [4.69, 9.17) is 0 Å². The van der Waals surface area contributed by atoms with Crippen molar-refractivity contribution in [1.82, 2.24) is 0 Å². The quantitative estimate of drug-likeness (QED) is 0.151. The fourth-order valence-corrected chi connectivity index (χ4v) is 3.53. The van der Waals surface area contributed by atoms with Crippen molar-refractivity contribution in [2.24, 2.45) is 4.99 Å². The third-order valence-electron chi connectivity index (χ3n) is 6.27. The maximum Gasteiger partial charge on any atom is 0.270 e. The Labute approximate surface area is 314 Å². The van der Waals surface area contributed by atoms with E-state index in [1.807, 2.05) is 94.5 Å². The average molecular weight is 720 g/mol. The lowest BCUT2D eigenvalue weighted by molar-refractivity contribution is 0.00999. The van der Waals surface area contributed by atoms with Crippen LogP contribution in [0.4, 0.5) is 17.6 Å². The van der Waals surface area contributed by atoms with E-state index < -0.39 is 11.8 Å². The maximum atomic E-state index is 13.2. The molecule has 1 heterocycles. The van der Waals surface area contributed by atoms with Gasteiger partial charge in [-0.1, -0.05) is 121 Å². The smallest absolute Gasteiger partial charge is 0.260 e. The van der Waals surface area contributed by atoms with Crippen molar-refractivity contribution >= 4 is 6.21 Å². The molecule has 294 valence electrons. The predicted molar refractivity (Wildman–Crippen MR) is 226 cm³/mol. The normalized spacial score (nSPS) is 12.4. The Kier molecular flexibility index (Phi) is 38.0. The largest absolute Gasteiger partial charge is 0.270 e. The number of benzene rings is 1. The van der Waals surface area contributed by atoms with E-state index in [1.165, 1.54) is 65.0 Å². The van der Waals surface area contributed by atoms with Crippen LogP contribution in [0.5, 0.6) is 0 Å². The second-order valence-corrected chi connectivity index (χ2v) is 12.4. The number of hydrogen-bond acceptors (Lipinski definition) is 1. The van der Waals surface area contributed by atoms with Gasteiger partial charge in [0.15, 0.2) is 0 Å². The van der Waals surface area contributed by atoms with Crippen molar-refractivity contribution in [2.75, 3.05) is 0 Å². The number of halogens is 4. The van der Waals surface area contributed by atoms with Gasteiger partial charge in [-0.15, -0.1) is 13.2 Å². The summed E-state index contributed by atoms with van der Waals surface area (Å²) in [6, 6.07) is 3.45. The van der Waals surface area contributed by atoms with Crippen molar-refractivity contribution in [3.05, 3.63) is 118 Å². The molecule has 0 amide bonds. The SMILES string of the molecule is C/C=C\C.C=C(C)/C(C)=C/C1=CC2=C(CC1)N=C2.C=C(C)C.C=C(C)C.CC.CC.CCCCC.CCc1ccc(C(C)(F)F)cc1C(C)(F)F. The average Bonchev–Trinajstić information content (AvgIpc) is 3.03. The predicted octanol–water partition coefficient (Wildman–Crippen LogP) is 17.0. The number of aryl methyl sites for hydroxylation is 1. The third kappa shape index (κ3) is 33.7.